The van der Waals surface area contributed by atoms with Gasteiger partial charge in [0, 0.05) is 32.2 Å². The molecule has 0 unspecified atom stereocenters. The first-order chi connectivity index (χ1) is 13.2. The summed E-state index contributed by atoms with van der Waals surface area (Å²) >= 11 is 1.58. The summed E-state index contributed by atoms with van der Waals surface area (Å²) in [6, 6.07) is 3.88. The van der Waals surface area contributed by atoms with E-state index in [1.54, 1.807) is 24.6 Å². The molecule has 1 aliphatic rings. The van der Waals surface area contributed by atoms with Crippen LogP contribution in [0.5, 0.6) is 5.75 Å². The second-order valence-corrected chi connectivity index (χ2v) is 6.97. The van der Waals surface area contributed by atoms with Crippen LogP contribution < -0.4 is 14.5 Å². The molecule has 0 aromatic carbocycles. The minimum absolute atomic E-state index is 0.0952. The third kappa shape index (κ3) is 3.37. The Labute approximate surface area is 160 Å². The molecule has 3 aromatic rings. The highest BCUT2D eigenvalue weighted by atomic mass is 32.1. The zero-order valence-electron chi connectivity index (χ0n) is 15.1. The second-order valence-electron chi connectivity index (χ2n) is 6.05. The van der Waals surface area contributed by atoms with Crippen molar-refractivity contribution >= 4 is 39.0 Å². The maximum Gasteiger partial charge on any atom is 0.376 e. The number of hydrogen-bond donors (Lipinski definition) is 0. The summed E-state index contributed by atoms with van der Waals surface area (Å²) in [6.45, 7) is 3.20. The molecule has 140 valence electrons. The minimum Gasteiger partial charge on any atom is -0.495 e. The van der Waals surface area contributed by atoms with Gasteiger partial charge in [0.05, 0.1) is 42.5 Å². The van der Waals surface area contributed by atoms with E-state index < -0.39 is 5.97 Å². The van der Waals surface area contributed by atoms with Gasteiger partial charge in [-0.2, -0.15) is 0 Å². The summed E-state index contributed by atoms with van der Waals surface area (Å²) in [5.74, 6) is 1.11. The molecular formula is C18H19N5O3S. The fraction of sp³-hybridized carbons (Fsp3) is 0.333. The average Bonchev–Trinajstić information content (AvgIpc) is 3.21. The average molecular weight is 385 g/mol. The van der Waals surface area contributed by atoms with Gasteiger partial charge in [-0.25, -0.2) is 14.8 Å². The first-order valence-corrected chi connectivity index (χ1v) is 9.40. The maximum absolute atomic E-state index is 11.9. The molecule has 27 heavy (non-hydrogen) atoms. The van der Waals surface area contributed by atoms with Crippen LogP contribution in [0.1, 0.15) is 10.6 Å². The van der Waals surface area contributed by atoms with Gasteiger partial charge in [0.25, 0.3) is 0 Å². The number of thiophene rings is 1. The number of rotatable bonds is 4. The molecule has 1 aliphatic heterocycles. The van der Waals surface area contributed by atoms with Crippen molar-refractivity contribution in [3.05, 3.63) is 35.7 Å². The van der Waals surface area contributed by atoms with E-state index in [9.17, 15) is 4.79 Å². The number of hydrogen-bond acceptors (Lipinski definition) is 9. The highest BCUT2D eigenvalue weighted by Gasteiger charge is 2.23. The Morgan fingerprint density at radius 3 is 2.63 bits per heavy atom. The first kappa shape index (κ1) is 17.5. The van der Waals surface area contributed by atoms with Gasteiger partial charge in [0.2, 0.25) is 5.82 Å². The monoisotopic (exact) mass is 385 g/mol. The standard InChI is InChI=1S/C18H19N5O3S/c1-25-13-9-12(10-19-11-13)22-4-6-23(7-5-22)17-15-14(3-8-27-15)20-16(21-17)18(24)26-2/h3,8-11H,4-7H2,1-2H3. The number of aromatic nitrogens is 3. The molecule has 0 aliphatic carbocycles. The number of anilines is 2. The van der Waals surface area contributed by atoms with Crippen LogP contribution in [0.25, 0.3) is 10.2 Å². The third-order valence-corrected chi connectivity index (χ3v) is 5.43. The van der Waals surface area contributed by atoms with Crippen LogP contribution in [0.15, 0.2) is 29.9 Å². The smallest absolute Gasteiger partial charge is 0.376 e. The molecule has 8 nitrogen and oxygen atoms in total. The number of pyridine rings is 1. The van der Waals surface area contributed by atoms with Crippen LogP contribution in [-0.4, -0.2) is 61.3 Å². The van der Waals surface area contributed by atoms with Gasteiger partial charge < -0.3 is 19.3 Å². The minimum atomic E-state index is -0.523. The molecule has 0 radical (unpaired) electrons. The molecule has 4 rings (SSSR count). The molecule has 9 heteroatoms. The molecule has 3 aromatic heterocycles. The van der Waals surface area contributed by atoms with E-state index in [0.29, 0.717) is 0 Å². The molecule has 1 fully saturated rings. The molecule has 0 N–H and O–H groups in total. The van der Waals surface area contributed by atoms with Gasteiger partial charge in [-0.05, 0) is 11.4 Å². The molecule has 0 spiro atoms. The van der Waals surface area contributed by atoms with Gasteiger partial charge in [0.15, 0.2) is 5.82 Å². The predicted octanol–water partition coefficient (Wildman–Crippen LogP) is 2.21. The SMILES string of the molecule is COC(=O)c1nc(N2CCN(c3cncc(OC)c3)CC2)c2sccc2n1. The number of esters is 1. The van der Waals surface area contributed by atoms with Gasteiger partial charge in [-0.15, -0.1) is 11.3 Å². The lowest BCUT2D eigenvalue weighted by Crippen LogP contribution is -2.47. The van der Waals surface area contributed by atoms with Crippen molar-refractivity contribution in [2.24, 2.45) is 0 Å². The fourth-order valence-corrected chi connectivity index (χ4v) is 3.96. The van der Waals surface area contributed by atoms with Crippen LogP contribution in [0.3, 0.4) is 0 Å². The molecule has 1 saturated heterocycles. The third-order valence-electron chi connectivity index (χ3n) is 4.53. The van der Waals surface area contributed by atoms with Gasteiger partial charge in [0.1, 0.15) is 5.75 Å². The summed E-state index contributed by atoms with van der Waals surface area (Å²) < 4.78 is 11.0. The molecular weight excluding hydrogens is 366 g/mol. The summed E-state index contributed by atoms with van der Waals surface area (Å²) in [6.07, 6.45) is 3.54. The largest absolute Gasteiger partial charge is 0.495 e. The van der Waals surface area contributed by atoms with Crippen LogP contribution in [0.4, 0.5) is 11.5 Å². The molecule has 0 bridgehead atoms. The van der Waals surface area contributed by atoms with Crippen LogP contribution >= 0.6 is 11.3 Å². The zero-order chi connectivity index (χ0) is 18.8. The fourth-order valence-electron chi connectivity index (χ4n) is 3.11. The number of fused-ring (bicyclic) bond motifs is 1. The highest BCUT2D eigenvalue weighted by molar-refractivity contribution is 7.17. The Morgan fingerprint density at radius 2 is 1.89 bits per heavy atom. The quantitative estimate of drug-likeness (QED) is 0.633. The Hall–Kier alpha value is -2.94. The Kier molecular flexibility index (Phi) is 4.76. The number of carbonyl (C=O) groups is 1. The Bertz CT molecular complexity index is 969. The Balaban J connectivity index is 1.57. The van der Waals surface area contributed by atoms with E-state index in [2.05, 4.69) is 24.8 Å². The van der Waals surface area contributed by atoms with E-state index >= 15 is 0 Å². The van der Waals surface area contributed by atoms with Crippen molar-refractivity contribution in [1.82, 2.24) is 15.0 Å². The number of methoxy groups -OCH3 is 2. The first-order valence-electron chi connectivity index (χ1n) is 8.52. The number of ether oxygens (including phenoxy) is 2. The normalized spacial score (nSPS) is 14.4. The second kappa shape index (κ2) is 7.36. The number of carbonyl (C=O) groups excluding carboxylic acids is 1. The van der Waals surface area contributed by atoms with Crippen molar-refractivity contribution in [1.29, 1.82) is 0 Å². The Morgan fingerprint density at radius 1 is 1.11 bits per heavy atom. The van der Waals surface area contributed by atoms with Crippen LogP contribution in [0, 0.1) is 0 Å². The van der Waals surface area contributed by atoms with E-state index in [1.165, 1.54) is 7.11 Å². The van der Waals surface area contributed by atoms with Crippen molar-refractivity contribution in [3.63, 3.8) is 0 Å². The van der Waals surface area contributed by atoms with Crippen LogP contribution in [0.2, 0.25) is 0 Å². The lowest BCUT2D eigenvalue weighted by molar-refractivity contribution is 0.0587. The summed E-state index contributed by atoms with van der Waals surface area (Å²) in [5, 5.41) is 1.96. The number of nitrogens with zero attached hydrogens (tertiary/aromatic N) is 5. The van der Waals surface area contributed by atoms with Crippen molar-refractivity contribution in [3.8, 4) is 5.75 Å². The van der Waals surface area contributed by atoms with E-state index in [-0.39, 0.29) is 5.82 Å². The molecule has 0 atom stereocenters. The van der Waals surface area contributed by atoms with E-state index in [4.69, 9.17) is 9.47 Å². The van der Waals surface area contributed by atoms with Gasteiger partial charge in [-0.3, -0.25) is 4.98 Å². The summed E-state index contributed by atoms with van der Waals surface area (Å²) in [4.78, 5) is 29.4. The molecule has 4 heterocycles. The summed E-state index contributed by atoms with van der Waals surface area (Å²) in [5.41, 5.74) is 1.80. The topological polar surface area (TPSA) is 80.7 Å². The van der Waals surface area contributed by atoms with Crippen LogP contribution in [-0.2, 0) is 4.74 Å². The zero-order valence-corrected chi connectivity index (χ0v) is 15.9. The predicted molar refractivity (Wildman–Crippen MR) is 104 cm³/mol. The molecule has 0 amide bonds. The van der Waals surface area contributed by atoms with E-state index in [0.717, 1.165) is 53.7 Å². The van der Waals surface area contributed by atoms with Gasteiger partial charge >= 0.3 is 5.97 Å². The van der Waals surface area contributed by atoms with Gasteiger partial charge in [-0.1, -0.05) is 0 Å². The summed E-state index contributed by atoms with van der Waals surface area (Å²) in [7, 11) is 2.98. The highest BCUT2D eigenvalue weighted by Crippen LogP contribution is 2.30. The van der Waals surface area contributed by atoms with E-state index in [1.807, 2.05) is 23.7 Å². The van der Waals surface area contributed by atoms with Crippen molar-refractivity contribution < 1.29 is 14.3 Å². The van der Waals surface area contributed by atoms with Crippen molar-refractivity contribution in [2.75, 3.05) is 50.2 Å². The van der Waals surface area contributed by atoms with Crippen molar-refractivity contribution in [2.45, 2.75) is 0 Å². The number of piperazine rings is 1. The lowest BCUT2D eigenvalue weighted by atomic mass is 10.2. The lowest BCUT2D eigenvalue weighted by Gasteiger charge is -2.36. The maximum atomic E-state index is 11.9. The molecule has 0 saturated carbocycles.